The molecule has 0 radical (unpaired) electrons. The van der Waals surface area contributed by atoms with Crippen LogP contribution in [0.1, 0.15) is 29.8 Å². The molecular weight excluding hydrogens is 208 g/mol. The molecule has 1 aromatic carbocycles. The monoisotopic (exact) mass is 224 g/mol. The Morgan fingerprint density at radius 3 is 2.60 bits per heavy atom. The fourth-order valence-electron chi connectivity index (χ4n) is 1.26. The van der Waals surface area contributed by atoms with Crippen molar-refractivity contribution in [3.05, 3.63) is 35.4 Å². The third kappa shape index (κ3) is 2.75. The molecule has 0 fully saturated rings. The molecule has 0 N–H and O–H groups in total. The molecule has 2 nitrogen and oxygen atoms in total. The van der Waals surface area contributed by atoms with E-state index in [4.69, 9.17) is 4.74 Å². The van der Waals surface area contributed by atoms with E-state index >= 15 is 0 Å². The first-order valence-corrected chi connectivity index (χ1v) is 5.97. The molecule has 82 valence electrons. The highest BCUT2D eigenvalue weighted by Gasteiger charge is 2.20. The van der Waals surface area contributed by atoms with Gasteiger partial charge in [-0.05, 0) is 37.8 Å². The van der Waals surface area contributed by atoms with Crippen LogP contribution in [-0.2, 0) is 9.48 Å². The van der Waals surface area contributed by atoms with Crippen molar-refractivity contribution in [1.29, 1.82) is 0 Å². The van der Waals surface area contributed by atoms with Gasteiger partial charge in [-0.1, -0.05) is 12.1 Å². The molecular formula is C12H16O2S. The van der Waals surface area contributed by atoms with Gasteiger partial charge in [0.25, 0.3) is 0 Å². The lowest BCUT2D eigenvalue weighted by Crippen LogP contribution is -2.12. The van der Waals surface area contributed by atoms with Crippen LogP contribution >= 0.6 is 11.8 Å². The molecule has 0 aromatic heterocycles. The third-order valence-corrected chi connectivity index (χ3v) is 3.75. The number of carbonyl (C=O) groups excluding carboxylic acids is 1. The Bertz CT molecular complexity index is 358. The lowest BCUT2D eigenvalue weighted by atomic mass is 10.00. The number of hydrogen-bond donors (Lipinski definition) is 0. The summed E-state index contributed by atoms with van der Waals surface area (Å²) in [6.07, 6.45) is 2.06. The van der Waals surface area contributed by atoms with Crippen molar-refractivity contribution < 1.29 is 9.53 Å². The molecule has 0 unspecified atom stereocenters. The van der Waals surface area contributed by atoms with E-state index < -0.39 is 0 Å². The van der Waals surface area contributed by atoms with Crippen LogP contribution in [0.3, 0.4) is 0 Å². The lowest BCUT2D eigenvalue weighted by Gasteiger charge is -2.22. The highest BCUT2D eigenvalue weighted by molar-refractivity contribution is 7.99. The average molecular weight is 224 g/mol. The third-order valence-electron chi connectivity index (χ3n) is 2.49. The summed E-state index contributed by atoms with van der Waals surface area (Å²) in [5.74, 6) is -0.284. The number of rotatable bonds is 3. The van der Waals surface area contributed by atoms with E-state index in [0.717, 1.165) is 5.56 Å². The number of carbonyl (C=O) groups is 1. The van der Waals surface area contributed by atoms with Gasteiger partial charge in [0.2, 0.25) is 0 Å². The van der Waals surface area contributed by atoms with Crippen molar-refractivity contribution in [2.45, 2.75) is 18.6 Å². The maximum atomic E-state index is 11.4. The first-order chi connectivity index (χ1) is 7.01. The average Bonchev–Trinajstić information content (AvgIpc) is 2.28. The Labute approximate surface area is 95.0 Å². The summed E-state index contributed by atoms with van der Waals surface area (Å²) in [6, 6.07) is 7.58. The second-order valence-corrected chi connectivity index (χ2v) is 5.22. The number of ether oxygens (including phenoxy) is 1. The minimum Gasteiger partial charge on any atom is -0.465 e. The van der Waals surface area contributed by atoms with Gasteiger partial charge in [-0.3, -0.25) is 0 Å². The largest absolute Gasteiger partial charge is 0.465 e. The molecule has 0 heterocycles. The van der Waals surface area contributed by atoms with E-state index in [1.54, 1.807) is 17.8 Å². The van der Waals surface area contributed by atoms with Crippen LogP contribution in [0.4, 0.5) is 0 Å². The molecule has 1 aromatic rings. The minimum atomic E-state index is -0.284. The van der Waals surface area contributed by atoms with Crippen molar-refractivity contribution in [1.82, 2.24) is 0 Å². The van der Waals surface area contributed by atoms with Gasteiger partial charge in [0.15, 0.2) is 0 Å². The summed E-state index contributed by atoms with van der Waals surface area (Å²) in [5, 5.41) is 0. The standard InChI is InChI=1S/C12H16O2S/c1-12(2,15-4)10-7-5-6-9(8-10)11(13)14-3/h5-8H,1-4H3. The summed E-state index contributed by atoms with van der Waals surface area (Å²) in [6.45, 7) is 4.27. The highest BCUT2D eigenvalue weighted by Crippen LogP contribution is 2.33. The zero-order valence-electron chi connectivity index (χ0n) is 9.53. The zero-order valence-corrected chi connectivity index (χ0v) is 10.4. The van der Waals surface area contributed by atoms with E-state index in [9.17, 15) is 4.79 Å². The summed E-state index contributed by atoms with van der Waals surface area (Å²) in [4.78, 5) is 11.4. The number of hydrogen-bond acceptors (Lipinski definition) is 3. The van der Waals surface area contributed by atoms with Crippen LogP contribution in [0.15, 0.2) is 24.3 Å². The van der Waals surface area contributed by atoms with Crippen molar-refractivity contribution in [2.24, 2.45) is 0 Å². The maximum Gasteiger partial charge on any atom is 0.337 e. The van der Waals surface area contributed by atoms with Crippen LogP contribution in [0.25, 0.3) is 0 Å². The van der Waals surface area contributed by atoms with Gasteiger partial charge in [-0.2, -0.15) is 11.8 Å². The summed E-state index contributed by atoms with van der Waals surface area (Å²) >= 11 is 1.76. The van der Waals surface area contributed by atoms with E-state index in [-0.39, 0.29) is 10.7 Å². The summed E-state index contributed by atoms with van der Waals surface area (Å²) in [5.41, 5.74) is 1.75. The number of esters is 1. The van der Waals surface area contributed by atoms with Crippen LogP contribution in [-0.4, -0.2) is 19.3 Å². The number of methoxy groups -OCH3 is 1. The highest BCUT2D eigenvalue weighted by atomic mass is 32.2. The first-order valence-electron chi connectivity index (χ1n) is 4.75. The molecule has 0 amide bonds. The molecule has 0 bridgehead atoms. The topological polar surface area (TPSA) is 26.3 Å². The molecule has 0 atom stereocenters. The molecule has 0 aliphatic rings. The predicted octanol–water partition coefficient (Wildman–Crippen LogP) is 3.07. The Kier molecular flexibility index (Phi) is 3.80. The Morgan fingerprint density at radius 2 is 2.07 bits per heavy atom. The van der Waals surface area contributed by atoms with Crippen LogP contribution in [0, 0.1) is 0 Å². The van der Waals surface area contributed by atoms with Crippen LogP contribution in [0.2, 0.25) is 0 Å². The van der Waals surface area contributed by atoms with E-state index in [0.29, 0.717) is 5.56 Å². The van der Waals surface area contributed by atoms with Crippen molar-refractivity contribution in [2.75, 3.05) is 13.4 Å². The quantitative estimate of drug-likeness (QED) is 0.738. The molecule has 0 aliphatic carbocycles. The molecule has 0 saturated heterocycles. The summed E-state index contributed by atoms with van der Waals surface area (Å²) in [7, 11) is 1.40. The van der Waals surface area contributed by atoms with Gasteiger partial charge in [0.05, 0.1) is 12.7 Å². The Morgan fingerprint density at radius 1 is 1.40 bits per heavy atom. The van der Waals surface area contributed by atoms with Gasteiger partial charge in [-0.15, -0.1) is 0 Å². The zero-order chi connectivity index (χ0) is 11.5. The van der Waals surface area contributed by atoms with E-state index in [1.807, 2.05) is 18.2 Å². The smallest absolute Gasteiger partial charge is 0.337 e. The van der Waals surface area contributed by atoms with E-state index in [2.05, 4.69) is 20.1 Å². The van der Waals surface area contributed by atoms with Gasteiger partial charge in [-0.25, -0.2) is 4.79 Å². The van der Waals surface area contributed by atoms with Crippen molar-refractivity contribution >= 4 is 17.7 Å². The molecule has 0 spiro atoms. The normalized spacial score (nSPS) is 11.2. The fraction of sp³-hybridized carbons (Fsp3) is 0.417. The molecule has 15 heavy (non-hydrogen) atoms. The second kappa shape index (κ2) is 4.71. The Hall–Kier alpha value is -0.960. The number of benzene rings is 1. The van der Waals surface area contributed by atoms with Crippen molar-refractivity contribution in [3.63, 3.8) is 0 Å². The van der Waals surface area contributed by atoms with Gasteiger partial charge in [0, 0.05) is 4.75 Å². The second-order valence-electron chi connectivity index (χ2n) is 3.79. The molecule has 1 rings (SSSR count). The number of thioether (sulfide) groups is 1. The molecule has 3 heteroatoms. The Balaban J connectivity index is 3.08. The maximum absolute atomic E-state index is 11.4. The van der Waals surface area contributed by atoms with E-state index in [1.165, 1.54) is 7.11 Å². The van der Waals surface area contributed by atoms with Crippen LogP contribution < -0.4 is 0 Å². The minimum absolute atomic E-state index is 0.0179. The van der Waals surface area contributed by atoms with Crippen LogP contribution in [0.5, 0.6) is 0 Å². The molecule has 0 aliphatic heterocycles. The molecule has 0 saturated carbocycles. The lowest BCUT2D eigenvalue weighted by molar-refractivity contribution is 0.0600. The SMILES string of the molecule is COC(=O)c1cccc(C(C)(C)SC)c1. The van der Waals surface area contributed by atoms with Crippen molar-refractivity contribution in [3.8, 4) is 0 Å². The predicted molar refractivity (Wildman–Crippen MR) is 64.3 cm³/mol. The first kappa shape index (κ1) is 12.1. The van der Waals surface area contributed by atoms with Gasteiger partial charge < -0.3 is 4.74 Å². The fourth-order valence-corrected chi connectivity index (χ4v) is 1.62. The summed E-state index contributed by atoms with van der Waals surface area (Å²) < 4.78 is 4.71. The van der Waals surface area contributed by atoms with Gasteiger partial charge in [0.1, 0.15) is 0 Å². The van der Waals surface area contributed by atoms with Gasteiger partial charge >= 0.3 is 5.97 Å².